The van der Waals surface area contributed by atoms with Crippen molar-refractivity contribution in [3.05, 3.63) is 95.6 Å². The molecular weight excluding hydrogens is 428 g/mol. The number of fused-ring (bicyclic) bond motifs is 1. The molecule has 1 atom stereocenters. The number of rotatable bonds is 9. The summed E-state index contributed by atoms with van der Waals surface area (Å²) in [7, 11) is -3.51. The van der Waals surface area contributed by atoms with Crippen LogP contribution in [-0.2, 0) is 14.6 Å². The van der Waals surface area contributed by atoms with Crippen LogP contribution in [0.4, 0.5) is 0 Å². The third-order valence-corrected chi connectivity index (χ3v) is 7.61. The molecule has 0 aliphatic carbocycles. The molecular formula is C25H24O6S. The minimum atomic E-state index is -3.51. The summed E-state index contributed by atoms with van der Waals surface area (Å²) < 4.78 is 38.1. The number of carboxylic acids is 1. The lowest BCUT2D eigenvalue weighted by Crippen LogP contribution is -2.20. The smallest absolute Gasteiger partial charge is 0.341 e. The maximum Gasteiger partial charge on any atom is 0.341 e. The second-order valence-electron chi connectivity index (χ2n) is 7.72. The molecule has 3 aromatic carbocycles. The Kier molecular flexibility index (Phi) is 6.46. The quantitative estimate of drug-likeness (QED) is 0.523. The van der Waals surface area contributed by atoms with Crippen molar-refractivity contribution >= 4 is 15.8 Å². The predicted molar refractivity (Wildman–Crippen MR) is 121 cm³/mol. The van der Waals surface area contributed by atoms with Gasteiger partial charge in [0.1, 0.15) is 5.25 Å². The van der Waals surface area contributed by atoms with E-state index in [1.807, 2.05) is 66.7 Å². The Hall–Kier alpha value is -3.32. The maximum atomic E-state index is 13.5. The monoisotopic (exact) mass is 452 g/mol. The Morgan fingerprint density at radius 1 is 0.969 bits per heavy atom. The molecule has 4 rings (SSSR count). The summed E-state index contributed by atoms with van der Waals surface area (Å²) in [5.41, 5.74) is 2.33. The van der Waals surface area contributed by atoms with Gasteiger partial charge in [-0.25, -0.2) is 13.2 Å². The van der Waals surface area contributed by atoms with Crippen molar-refractivity contribution in [1.29, 1.82) is 0 Å². The van der Waals surface area contributed by atoms with Crippen LogP contribution in [0.2, 0.25) is 0 Å². The van der Waals surface area contributed by atoms with Crippen LogP contribution in [0, 0.1) is 0 Å². The first kappa shape index (κ1) is 21.9. The van der Waals surface area contributed by atoms with Crippen molar-refractivity contribution in [3.63, 3.8) is 0 Å². The van der Waals surface area contributed by atoms with Crippen LogP contribution in [-0.4, -0.2) is 38.5 Å². The number of carbonyl (C=O) groups is 1. The van der Waals surface area contributed by atoms with Gasteiger partial charge in [0.05, 0.1) is 12.4 Å². The van der Waals surface area contributed by atoms with Gasteiger partial charge in [-0.15, -0.1) is 0 Å². The van der Waals surface area contributed by atoms with Crippen molar-refractivity contribution in [3.8, 4) is 11.5 Å². The molecule has 0 amide bonds. The van der Waals surface area contributed by atoms with E-state index in [-0.39, 0.29) is 11.7 Å². The number of ether oxygens (including phenoxy) is 2. The van der Waals surface area contributed by atoms with E-state index in [1.54, 1.807) is 12.1 Å². The highest BCUT2D eigenvalue weighted by molar-refractivity contribution is 7.91. The minimum Gasteiger partial charge on any atom is -0.489 e. The standard InChI is InChI=1S/C25H24O6S/c26-23(27)17-30-22-13-7-12-21-20(16-31-24(21)22)14-15-32(28,29)25(18-8-3-1-4-9-18)19-10-5-2-6-11-19/h1-13,20,25H,14-17H2,(H,26,27). The number of sulfone groups is 1. The number of hydrogen-bond acceptors (Lipinski definition) is 5. The SMILES string of the molecule is O=C(O)COc1cccc2c1OCC2CCS(=O)(=O)C(c1ccccc1)c1ccccc1. The molecule has 0 saturated heterocycles. The largest absolute Gasteiger partial charge is 0.489 e. The van der Waals surface area contributed by atoms with Crippen molar-refractivity contribution in [2.24, 2.45) is 0 Å². The van der Waals surface area contributed by atoms with Crippen LogP contribution in [0.3, 0.4) is 0 Å². The van der Waals surface area contributed by atoms with Gasteiger partial charge in [-0.3, -0.25) is 0 Å². The summed E-state index contributed by atoms with van der Waals surface area (Å²) in [4.78, 5) is 10.8. The predicted octanol–water partition coefficient (Wildman–Crippen LogP) is 4.22. The van der Waals surface area contributed by atoms with Crippen LogP contribution in [0.5, 0.6) is 11.5 Å². The number of carboxylic acid groups (broad SMARTS) is 1. The zero-order valence-corrected chi connectivity index (χ0v) is 18.2. The Bertz CT molecular complexity index is 1140. The van der Waals surface area contributed by atoms with Gasteiger partial charge in [-0.2, -0.15) is 0 Å². The van der Waals surface area contributed by atoms with Crippen LogP contribution in [0.15, 0.2) is 78.9 Å². The molecule has 32 heavy (non-hydrogen) atoms. The Morgan fingerprint density at radius 3 is 2.19 bits per heavy atom. The zero-order chi connectivity index (χ0) is 22.6. The summed E-state index contributed by atoms with van der Waals surface area (Å²) in [5, 5.41) is 8.12. The molecule has 1 unspecified atom stereocenters. The molecule has 1 aliphatic rings. The molecule has 1 heterocycles. The Labute approximate surface area is 187 Å². The average Bonchev–Trinajstić information content (AvgIpc) is 3.21. The van der Waals surface area contributed by atoms with E-state index < -0.39 is 27.7 Å². The molecule has 0 bridgehead atoms. The van der Waals surface area contributed by atoms with Crippen LogP contribution < -0.4 is 9.47 Å². The zero-order valence-electron chi connectivity index (χ0n) is 17.4. The second-order valence-corrected chi connectivity index (χ2v) is 9.93. The molecule has 0 spiro atoms. The van der Waals surface area contributed by atoms with Crippen molar-refractivity contribution in [2.75, 3.05) is 19.0 Å². The fourth-order valence-electron chi connectivity index (χ4n) is 4.06. The van der Waals surface area contributed by atoms with Gasteiger partial charge in [0, 0.05) is 11.5 Å². The van der Waals surface area contributed by atoms with Crippen molar-refractivity contribution in [1.82, 2.24) is 0 Å². The molecule has 0 radical (unpaired) electrons. The highest BCUT2D eigenvalue weighted by Crippen LogP contribution is 2.43. The summed E-state index contributed by atoms with van der Waals surface area (Å²) in [6, 6.07) is 23.8. The van der Waals surface area contributed by atoms with E-state index in [0.717, 1.165) is 16.7 Å². The van der Waals surface area contributed by atoms with Crippen molar-refractivity contribution in [2.45, 2.75) is 17.6 Å². The number of para-hydroxylation sites is 1. The van der Waals surface area contributed by atoms with Crippen molar-refractivity contribution < 1.29 is 27.8 Å². The van der Waals surface area contributed by atoms with Crippen LogP contribution >= 0.6 is 0 Å². The van der Waals surface area contributed by atoms with E-state index in [2.05, 4.69) is 0 Å². The molecule has 0 fully saturated rings. The lowest BCUT2D eigenvalue weighted by Gasteiger charge is -2.20. The summed E-state index contributed by atoms with van der Waals surface area (Å²) in [5.74, 6) is -0.327. The first-order valence-electron chi connectivity index (χ1n) is 10.4. The first-order chi connectivity index (χ1) is 15.5. The second kappa shape index (κ2) is 9.44. The number of benzene rings is 3. The van der Waals surface area contributed by atoms with E-state index in [9.17, 15) is 13.2 Å². The molecule has 1 aliphatic heterocycles. The lowest BCUT2D eigenvalue weighted by atomic mass is 9.98. The molecule has 0 saturated carbocycles. The van der Waals surface area contributed by atoms with Crippen LogP contribution in [0.1, 0.15) is 34.3 Å². The number of hydrogen-bond donors (Lipinski definition) is 1. The van der Waals surface area contributed by atoms with E-state index in [4.69, 9.17) is 14.6 Å². The van der Waals surface area contributed by atoms with Crippen LogP contribution in [0.25, 0.3) is 0 Å². The minimum absolute atomic E-state index is 0.00483. The Morgan fingerprint density at radius 2 is 1.59 bits per heavy atom. The normalized spacial score (nSPS) is 15.2. The van der Waals surface area contributed by atoms with E-state index in [0.29, 0.717) is 24.5 Å². The van der Waals surface area contributed by atoms with Gasteiger partial charge >= 0.3 is 5.97 Å². The summed E-state index contributed by atoms with van der Waals surface area (Å²) >= 11 is 0. The first-order valence-corrected chi connectivity index (χ1v) is 12.1. The van der Waals surface area contributed by atoms with E-state index in [1.165, 1.54) is 0 Å². The highest BCUT2D eigenvalue weighted by Gasteiger charge is 2.33. The lowest BCUT2D eigenvalue weighted by molar-refractivity contribution is -0.139. The van der Waals surface area contributed by atoms with Gasteiger partial charge < -0.3 is 14.6 Å². The molecule has 6 nitrogen and oxygen atoms in total. The topological polar surface area (TPSA) is 89.9 Å². The molecule has 1 N–H and O–H groups in total. The number of aliphatic carboxylic acids is 1. The maximum absolute atomic E-state index is 13.5. The fourth-order valence-corrected chi connectivity index (χ4v) is 6.05. The summed E-state index contributed by atoms with van der Waals surface area (Å²) in [6.07, 6.45) is 0.397. The summed E-state index contributed by atoms with van der Waals surface area (Å²) in [6.45, 7) is -0.131. The van der Waals surface area contributed by atoms with Gasteiger partial charge in [0.15, 0.2) is 27.9 Å². The molecule has 3 aromatic rings. The third kappa shape index (κ3) is 4.78. The highest BCUT2D eigenvalue weighted by atomic mass is 32.2. The van der Waals surface area contributed by atoms with Gasteiger partial charge in [-0.05, 0) is 23.6 Å². The Balaban J connectivity index is 1.55. The molecule has 0 aromatic heterocycles. The molecule has 166 valence electrons. The van der Waals surface area contributed by atoms with Gasteiger partial charge in [0.2, 0.25) is 0 Å². The van der Waals surface area contributed by atoms with Gasteiger partial charge in [-0.1, -0.05) is 72.8 Å². The van der Waals surface area contributed by atoms with Gasteiger partial charge in [0.25, 0.3) is 0 Å². The third-order valence-electron chi connectivity index (χ3n) is 5.54. The molecule has 7 heteroatoms. The van der Waals surface area contributed by atoms with E-state index >= 15 is 0 Å². The average molecular weight is 453 g/mol. The fraction of sp³-hybridized carbons (Fsp3) is 0.240.